The average Bonchev–Trinajstić information content (AvgIpc) is 3.26. The molecular weight excluding hydrogens is 440 g/mol. The van der Waals surface area contributed by atoms with E-state index in [1.807, 2.05) is 60.7 Å². The van der Waals surface area contributed by atoms with Gasteiger partial charge in [-0.05, 0) is 48.4 Å². The van der Waals surface area contributed by atoms with Gasteiger partial charge < -0.3 is 9.64 Å². The number of amides is 1. The van der Waals surface area contributed by atoms with Gasteiger partial charge in [-0.3, -0.25) is 4.79 Å². The van der Waals surface area contributed by atoms with Crippen molar-refractivity contribution in [3.8, 4) is 17.0 Å². The molecule has 6 heteroatoms. The van der Waals surface area contributed by atoms with Crippen molar-refractivity contribution < 1.29 is 9.53 Å². The van der Waals surface area contributed by atoms with Crippen LogP contribution >= 0.6 is 22.9 Å². The van der Waals surface area contributed by atoms with Gasteiger partial charge in [-0.2, -0.15) is 0 Å². The number of aromatic nitrogens is 1. The average molecular weight is 461 g/mol. The van der Waals surface area contributed by atoms with E-state index < -0.39 is 6.10 Å². The minimum Gasteiger partial charge on any atom is -0.479 e. The number of halogens is 1. The summed E-state index contributed by atoms with van der Waals surface area (Å²) in [6, 6.07) is 23.8. The Bertz CT molecular complexity index is 1270. The van der Waals surface area contributed by atoms with Crippen molar-refractivity contribution in [2.45, 2.75) is 26.0 Å². The van der Waals surface area contributed by atoms with Crippen LogP contribution in [0.25, 0.3) is 11.3 Å². The van der Waals surface area contributed by atoms with Gasteiger partial charge in [0.15, 0.2) is 6.10 Å². The summed E-state index contributed by atoms with van der Waals surface area (Å²) < 4.78 is 5.88. The summed E-state index contributed by atoms with van der Waals surface area (Å²) in [6.07, 6.45) is 0.264. The zero-order valence-electron chi connectivity index (χ0n) is 17.5. The quantitative estimate of drug-likeness (QED) is 0.347. The van der Waals surface area contributed by atoms with E-state index in [-0.39, 0.29) is 5.91 Å². The highest BCUT2D eigenvalue weighted by atomic mass is 35.5. The molecule has 3 aromatic carbocycles. The number of thiazole rings is 1. The predicted molar refractivity (Wildman–Crippen MR) is 130 cm³/mol. The molecule has 0 saturated carbocycles. The molecule has 1 amide bonds. The van der Waals surface area contributed by atoms with Gasteiger partial charge >= 0.3 is 0 Å². The zero-order chi connectivity index (χ0) is 22.1. The fourth-order valence-corrected chi connectivity index (χ4v) is 4.89. The molecule has 32 heavy (non-hydrogen) atoms. The molecule has 0 N–H and O–H groups in total. The molecule has 5 rings (SSSR count). The van der Waals surface area contributed by atoms with Crippen LogP contribution in [0.5, 0.6) is 5.75 Å². The summed E-state index contributed by atoms with van der Waals surface area (Å²) in [5.74, 6) is 0.625. The van der Waals surface area contributed by atoms with Crippen LogP contribution in [0.1, 0.15) is 23.1 Å². The van der Waals surface area contributed by atoms with Crippen molar-refractivity contribution in [3.05, 3.63) is 99.3 Å². The molecule has 0 radical (unpaired) electrons. The van der Waals surface area contributed by atoms with E-state index in [1.54, 1.807) is 23.2 Å². The molecule has 1 aromatic heterocycles. The molecule has 1 unspecified atom stereocenters. The molecular formula is C26H21ClN2O2S. The van der Waals surface area contributed by atoms with E-state index in [1.165, 1.54) is 5.56 Å². The number of benzene rings is 3. The number of hydrogen-bond acceptors (Lipinski definition) is 4. The molecule has 0 fully saturated rings. The number of nitrogens with zero attached hydrogens (tertiary/aromatic N) is 2. The SMILES string of the molecule is CC1Oc2ccc(-c3csc(Cc4ccccc4)n3)cc2N(Cc2cccc(Cl)c2)C1=O. The van der Waals surface area contributed by atoms with Gasteiger partial charge in [-0.15, -0.1) is 11.3 Å². The van der Waals surface area contributed by atoms with E-state index in [2.05, 4.69) is 17.5 Å². The van der Waals surface area contributed by atoms with Crippen LogP contribution in [0.3, 0.4) is 0 Å². The summed E-state index contributed by atoms with van der Waals surface area (Å²) in [5, 5.41) is 3.77. The summed E-state index contributed by atoms with van der Waals surface area (Å²) in [4.78, 5) is 19.6. The first-order valence-electron chi connectivity index (χ1n) is 10.4. The van der Waals surface area contributed by atoms with Crippen molar-refractivity contribution >= 4 is 34.5 Å². The summed E-state index contributed by atoms with van der Waals surface area (Å²) >= 11 is 7.80. The first-order valence-corrected chi connectivity index (χ1v) is 11.7. The highest BCUT2D eigenvalue weighted by Crippen LogP contribution is 2.38. The minimum atomic E-state index is -0.538. The van der Waals surface area contributed by atoms with Crippen molar-refractivity contribution in [1.29, 1.82) is 0 Å². The molecule has 160 valence electrons. The van der Waals surface area contributed by atoms with Gasteiger partial charge in [0.05, 0.1) is 22.9 Å². The molecule has 2 heterocycles. The van der Waals surface area contributed by atoms with Gasteiger partial charge in [0, 0.05) is 22.4 Å². The third-order valence-corrected chi connectivity index (χ3v) is 6.53. The first kappa shape index (κ1) is 20.7. The number of anilines is 1. The Hall–Kier alpha value is -3.15. The van der Waals surface area contributed by atoms with E-state index in [0.29, 0.717) is 17.3 Å². The lowest BCUT2D eigenvalue weighted by molar-refractivity contribution is -0.125. The maximum atomic E-state index is 13.0. The van der Waals surface area contributed by atoms with Crippen molar-refractivity contribution in [3.63, 3.8) is 0 Å². The largest absolute Gasteiger partial charge is 0.479 e. The van der Waals surface area contributed by atoms with Crippen LogP contribution < -0.4 is 9.64 Å². The Labute approximate surface area is 196 Å². The second-order valence-corrected chi connectivity index (χ2v) is 9.16. The van der Waals surface area contributed by atoms with Crippen LogP contribution in [0, 0.1) is 0 Å². The molecule has 0 bridgehead atoms. The van der Waals surface area contributed by atoms with Crippen LogP contribution in [0.4, 0.5) is 5.69 Å². The molecule has 4 aromatic rings. The van der Waals surface area contributed by atoms with Gasteiger partial charge in [-0.25, -0.2) is 4.98 Å². The van der Waals surface area contributed by atoms with Gasteiger partial charge in [-0.1, -0.05) is 54.1 Å². The van der Waals surface area contributed by atoms with Gasteiger partial charge in [0.25, 0.3) is 5.91 Å². The number of carbonyl (C=O) groups is 1. The number of rotatable bonds is 5. The van der Waals surface area contributed by atoms with E-state index in [9.17, 15) is 4.79 Å². The lowest BCUT2D eigenvalue weighted by Crippen LogP contribution is -2.44. The first-order chi connectivity index (χ1) is 15.6. The number of fused-ring (bicyclic) bond motifs is 1. The maximum Gasteiger partial charge on any atom is 0.268 e. The molecule has 0 spiro atoms. The Balaban J connectivity index is 1.46. The monoisotopic (exact) mass is 460 g/mol. The van der Waals surface area contributed by atoms with Crippen LogP contribution in [-0.2, 0) is 17.8 Å². The van der Waals surface area contributed by atoms with E-state index in [0.717, 1.165) is 33.9 Å². The molecule has 0 saturated heterocycles. The Kier molecular flexibility index (Phi) is 5.68. The maximum absolute atomic E-state index is 13.0. The number of ether oxygens (including phenoxy) is 1. The van der Waals surface area contributed by atoms with Crippen LogP contribution in [0.2, 0.25) is 5.02 Å². The standard InChI is InChI=1S/C26H21ClN2O2S/c1-17-26(30)29(15-19-8-5-9-21(27)12-19)23-14-20(10-11-24(23)31-17)22-16-32-25(28-22)13-18-6-3-2-4-7-18/h2-12,14,16-17H,13,15H2,1H3. The fourth-order valence-electron chi connectivity index (χ4n) is 3.84. The minimum absolute atomic E-state index is 0.0716. The Morgan fingerprint density at radius 1 is 1.03 bits per heavy atom. The summed E-state index contributed by atoms with van der Waals surface area (Å²) in [5.41, 5.74) is 4.82. The Morgan fingerprint density at radius 2 is 1.84 bits per heavy atom. The van der Waals surface area contributed by atoms with Crippen molar-refractivity contribution in [2.75, 3.05) is 4.90 Å². The summed E-state index contributed by atoms with van der Waals surface area (Å²) in [6.45, 7) is 2.21. The fraction of sp³-hybridized carbons (Fsp3) is 0.154. The molecule has 1 aliphatic heterocycles. The number of carbonyl (C=O) groups excluding carboxylic acids is 1. The Morgan fingerprint density at radius 3 is 2.66 bits per heavy atom. The lowest BCUT2D eigenvalue weighted by Gasteiger charge is -2.33. The van der Waals surface area contributed by atoms with Crippen molar-refractivity contribution in [1.82, 2.24) is 4.98 Å². The predicted octanol–water partition coefficient (Wildman–Crippen LogP) is 6.37. The van der Waals surface area contributed by atoms with E-state index >= 15 is 0 Å². The number of hydrogen-bond donors (Lipinski definition) is 0. The second-order valence-electron chi connectivity index (χ2n) is 7.79. The van der Waals surface area contributed by atoms with Gasteiger partial charge in [0.2, 0.25) is 0 Å². The zero-order valence-corrected chi connectivity index (χ0v) is 19.1. The molecule has 1 aliphatic rings. The highest BCUT2D eigenvalue weighted by Gasteiger charge is 2.32. The lowest BCUT2D eigenvalue weighted by atomic mass is 10.1. The third-order valence-electron chi connectivity index (χ3n) is 5.44. The van der Waals surface area contributed by atoms with E-state index in [4.69, 9.17) is 21.3 Å². The topological polar surface area (TPSA) is 42.4 Å². The second kappa shape index (κ2) is 8.77. The van der Waals surface area contributed by atoms with Crippen LogP contribution in [-0.4, -0.2) is 17.0 Å². The van der Waals surface area contributed by atoms with Gasteiger partial charge in [0.1, 0.15) is 5.75 Å². The summed E-state index contributed by atoms with van der Waals surface area (Å²) in [7, 11) is 0. The molecule has 1 atom stereocenters. The van der Waals surface area contributed by atoms with Crippen LogP contribution in [0.15, 0.2) is 78.2 Å². The third kappa shape index (κ3) is 4.27. The van der Waals surface area contributed by atoms with Crippen molar-refractivity contribution in [2.24, 2.45) is 0 Å². The smallest absolute Gasteiger partial charge is 0.268 e. The normalized spacial score (nSPS) is 15.4. The highest BCUT2D eigenvalue weighted by molar-refractivity contribution is 7.10. The molecule has 4 nitrogen and oxygen atoms in total. The molecule has 0 aliphatic carbocycles.